The van der Waals surface area contributed by atoms with Crippen LogP contribution in [0.25, 0.3) is 0 Å². The number of aliphatic imine (C=N–C) groups is 1. The Hall–Kier alpha value is -1.70. The van der Waals surface area contributed by atoms with Gasteiger partial charge in [-0.25, -0.2) is 0 Å². The van der Waals surface area contributed by atoms with Crippen molar-refractivity contribution in [3.8, 4) is 0 Å². The number of amides is 1. The van der Waals surface area contributed by atoms with Crippen molar-refractivity contribution in [1.29, 1.82) is 0 Å². The Balaban J connectivity index is 1.94. The molecule has 2 aliphatic heterocycles. The quantitative estimate of drug-likeness (QED) is 0.0759. The van der Waals surface area contributed by atoms with Crippen LogP contribution >= 0.6 is 0 Å². The largest absolute Gasteiger partial charge is 0.394 e. The van der Waals surface area contributed by atoms with Gasteiger partial charge in [0.25, 0.3) is 0 Å². The van der Waals surface area contributed by atoms with Crippen LogP contribution in [0.3, 0.4) is 0 Å². The summed E-state index contributed by atoms with van der Waals surface area (Å²) in [6.07, 6.45) is -15.5. The van der Waals surface area contributed by atoms with Crippen LogP contribution < -0.4 is 22.5 Å². The number of aliphatic hydroxyl groups excluding tert-OH is 7. The van der Waals surface area contributed by atoms with Crippen molar-refractivity contribution in [2.75, 3.05) is 19.7 Å². The second-order valence-corrected chi connectivity index (χ2v) is 8.15. The average Bonchev–Trinajstić information content (AvgIpc) is 2.80. The lowest BCUT2D eigenvalue weighted by molar-refractivity contribution is -0.374. The van der Waals surface area contributed by atoms with E-state index in [0.29, 0.717) is 6.42 Å². The Morgan fingerprint density at radius 3 is 1.97 bits per heavy atom. The lowest BCUT2D eigenvalue weighted by Gasteiger charge is -2.44. The zero-order valence-electron chi connectivity index (χ0n) is 18.3. The van der Waals surface area contributed by atoms with Crippen LogP contribution in [-0.4, -0.2) is 135 Å². The summed E-state index contributed by atoms with van der Waals surface area (Å²) in [6.45, 7) is -0.740. The van der Waals surface area contributed by atoms with Crippen LogP contribution in [-0.2, 0) is 19.0 Å². The molecule has 2 fully saturated rings. The third kappa shape index (κ3) is 7.15. The maximum Gasteiger partial charge on any atom is 0.237 e. The first-order chi connectivity index (χ1) is 16.0. The van der Waals surface area contributed by atoms with Gasteiger partial charge < -0.3 is 72.5 Å². The van der Waals surface area contributed by atoms with Crippen molar-refractivity contribution in [3.63, 3.8) is 0 Å². The van der Waals surface area contributed by atoms with Crippen LogP contribution in [0.2, 0.25) is 0 Å². The monoisotopic (exact) mass is 497 g/mol. The first-order valence-electron chi connectivity index (χ1n) is 10.7. The van der Waals surface area contributed by atoms with Gasteiger partial charge in [0.15, 0.2) is 18.5 Å². The van der Waals surface area contributed by atoms with E-state index in [2.05, 4.69) is 10.3 Å². The zero-order valence-corrected chi connectivity index (χ0v) is 18.3. The predicted octanol–water partition coefficient (Wildman–Crippen LogP) is -6.89. The summed E-state index contributed by atoms with van der Waals surface area (Å²) in [5.41, 5.74) is 16.2. The molecule has 0 aromatic rings. The summed E-state index contributed by atoms with van der Waals surface area (Å²) in [5, 5.41) is 72.1. The molecular weight excluding hydrogens is 462 g/mol. The molecule has 2 heterocycles. The number of nitrogens with one attached hydrogen (secondary N) is 1. The van der Waals surface area contributed by atoms with Crippen LogP contribution in [0, 0.1) is 0 Å². The van der Waals surface area contributed by atoms with E-state index in [4.69, 9.17) is 31.4 Å². The fourth-order valence-corrected chi connectivity index (χ4v) is 3.49. The van der Waals surface area contributed by atoms with Gasteiger partial charge in [-0.05, 0) is 12.8 Å². The third-order valence-electron chi connectivity index (χ3n) is 5.57. The Kier molecular flexibility index (Phi) is 10.8. The number of carbonyl (C=O) groups excluding carboxylic acids is 1. The van der Waals surface area contributed by atoms with Crippen LogP contribution in [0.15, 0.2) is 4.99 Å². The minimum absolute atomic E-state index is 0.0808. The lowest BCUT2D eigenvalue weighted by Crippen LogP contribution is -2.64. The van der Waals surface area contributed by atoms with Crippen LogP contribution in [0.1, 0.15) is 12.8 Å². The van der Waals surface area contributed by atoms with E-state index in [1.807, 2.05) is 0 Å². The number of nitrogens with zero attached hydrogens (tertiary/aromatic N) is 1. The Morgan fingerprint density at radius 2 is 1.44 bits per heavy atom. The van der Waals surface area contributed by atoms with E-state index >= 15 is 0 Å². The second-order valence-electron chi connectivity index (χ2n) is 8.15. The van der Waals surface area contributed by atoms with Gasteiger partial charge in [0, 0.05) is 13.1 Å². The molecule has 198 valence electrons. The number of ether oxygens (including phenoxy) is 3. The van der Waals surface area contributed by atoms with Gasteiger partial charge >= 0.3 is 0 Å². The van der Waals surface area contributed by atoms with Gasteiger partial charge in [-0.15, -0.1) is 0 Å². The van der Waals surface area contributed by atoms with Gasteiger partial charge in [0.1, 0.15) is 48.8 Å². The lowest BCUT2D eigenvalue weighted by atomic mass is 9.97. The first kappa shape index (κ1) is 28.5. The summed E-state index contributed by atoms with van der Waals surface area (Å²) in [7, 11) is 0. The highest BCUT2D eigenvalue weighted by atomic mass is 16.8. The Labute approximate surface area is 194 Å². The molecule has 34 heavy (non-hydrogen) atoms. The minimum atomic E-state index is -1.80. The van der Waals surface area contributed by atoms with E-state index in [9.17, 15) is 40.5 Å². The highest BCUT2D eigenvalue weighted by molar-refractivity contribution is 5.81. The van der Waals surface area contributed by atoms with Gasteiger partial charge in [-0.3, -0.25) is 9.79 Å². The van der Waals surface area contributed by atoms with E-state index in [1.54, 1.807) is 0 Å². The van der Waals surface area contributed by atoms with Crippen molar-refractivity contribution < 1.29 is 54.8 Å². The predicted molar refractivity (Wildman–Crippen MR) is 112 cm³/mol. The second kappa shape index (κ2) is 12.8. The van der Waals surface area contributed by atoms with Crippen LogP contribution in [0.5, 0.6) is 0 Å². The van der Waals surface area contributed by atoms with E-state index in [0.717, 1.165) is 0 Å². The molecule has 1 amide bonds. The van der Waals surface area contributed by atoms with Gasteiger partial charge in [0.05, 0.1) is 12.6 Å². The standard InChI is InChI=1S/C18H35N5O11/c19-6(2-1-3-22-18(20)21)15(31)23-4-7-9(25)11(27)13(29)16(32-7)34-17-14(30)12(28)10(26)8(5-24)33-17/h6-14,16-17,24-30H,1-5,19H2,(H,23,31)(H4,20,21,22)/t6?,7-,8+,9-,10+,11+,12-,13+,14+,16-,17+/m1/s1. The summed E-state index contributed by atoms with van der Waals surface area (Å²) < 4.78 is 16.0. The number of aliphatic hydroxyl groups is 7. The number of carbonyl (C=O) groups is 1. The molecule has 2 saturated heterocycles. The summed E-state index contributed by atoms with van der Waals surface area (Å²) >= 11 is 0. The van der Waals surface area contributed by atoms with Crippen molar-refractivity contribution in [3.05, 3.63) is 0 Å². The molecule has 0 aliphatic carbocycles. The number of nitrogens with two attached hydrogens (primary N) is 3. The van der Waals surface area contributed by atoms with Crippen molar-refractivity contribution in [2.24, 2.45) is 22.2 Å². The smallest absolute Gasteiger partial charge is 0.237 e. The van der Waals surface area contributed by atoms with Crippen molar-refractivity contribution in [2.45, 2.75) is 80.3 Å². The summed E-state index contributed by atoms with van der Waals surface area (Å²) in [6, 6.07) is -0.911. The molecule has 2 aliphatic rings. The third-order valence-corrected chi connectivity index (χ3v) is 5.57. The number of hydrogen-bond acceptors (Lipinski definition) is 13. The highest BCUT2D eigenvalue weighted by Crippen LogP contribution is 2.28. The highest BCUT2D eigenvalue weighted by Gasteiger charge is 2.49. The molecule has 11 atom stereocenters. The van der Waals surface area contributed by atoms with Crippen molar-refractivity contribution in [1.82, 2.24) is 5.32 Å². The number of guanidine groups is 1. The topological polar surface area (TPSA) is 289 Å². The molecule has 0 aromatic carbocycles. The average molecular weight is 498 g/mol. The van der Waals surface area contributed by atoms with Crippen molar-refractivity contribution >= 4 is 11.9 Å². The van der Waals surface area contributed by atoms with Gasteiger partial charge in [0.2, 0.25) is 5.91 Å². The Bertz CT molecular complexity index is 683. The molecule has 0 spiro atoms. The summed E-state index contributed by atoms with van der Waals surface area (Å²) in [5.74, 6) is -0.657. The van der Waals surface area contributed by atoms with Crippen LogP contribution in [0.4, 0.5) is 0 Å². The molecule has 0 radical (unpaired) electrons. The first-order valence-corrected chi connectivity index (χ1v) is 10.7. The molecular formula is C18H35N5O11. The Morgan fingerprint density at radius 1 is 0.912 bits per heavy atom. The molecule has 0 bridgehead atoms. The zero-order chi connectivity index (χ0) is 25.6. The normalized spacial score (nSPS) is 39.3. The van der Waals surface area contributed by atoms with Gasteiger partial charge in [-0.2, -0.15) is 0 Å². The van der Waals surface area contributed by atoms with E-state index < -0.39 is 80.0 Å². The van der Waals surface area contributed by atoms with Gasteiger partial charge in [-0.1, -0.05) is 0 Å². The number of hydrogen-bond donors (Lipinski definition) is 11. The number of rotatable bonds is 10. The summed E-state index contributed by atoms with van der Waals surface area (Å²) in [4.78, 5) is 16.0. The molecule has 1 unspecified atom stereocenters. The molecule has 2 rings (SSSR count). The molecule has 16 heteroatoms. The minimum Gasteiger partial charge on any atom is -0.394 e. The maximum absolute atomic E-state index is 12.2. The van der Waals surface area contributed by atoms with E-state index in [1.165, 1.54) is 0 Å². The molecule has 0 aromatic heterocycles. The SMILES string of the molecule is NC(N)=NCCCC(N)C(=O)NC[C@H]1O[C@H](O[C@@H]2O[C@@H](CO)[C@H](O)[C@@H](O)[C@@H]2O)[C@@H](O)[C@@H](O)[C@@H]1O. The molecule has 14 N–H and O–H groups in total. The molecule has 0 saturated carbocycles. The molecule has 16 nitrogen and oxygen atoms in total. The fraction of sp³-hybridized carbons (Fsp3) is 0.889. The fourth-order valence-electron chi connectivity index (χ4n) is 3.49. The maximum atomic E-state index is 12.2. The van der Waals surface area contributed by atoms with E-state index in [-0.39, 0.29) is 25.5 Å².